The zero-order chi connectivity index (χ0) is 25.2. The van der Waals surface area contributed by atoms with Gasteiger partial charge in [-0.2, -0.15) is 0 Å². The molecule has 1 saturated heterocycles. The van der Waals surface area contributed by atoms with Crippen LogP contribution in [0.1, 0.15) is 12.8 Å². The summed E-state index contributed by atoms with van der Waals surface area (Å²) in [6, 6.07) is 24.1. The van der Waals surface area contributed by atoms with E-state index in [-0.39, 0.29) is 6.04 Å². The lowest BCUT2D eigenvalue weighted by Gasteiger charge is -2.22. The molecule has 3 heterocycles. The number of para-hydroxylation sites is 3. The smallest absolute Gasteiger partial charge is 0.237 e. The van der Waals surface area contributed by atoms with E-state index in [2.05, 4.69) is 27.0 Å². The number of benzene rings is 3. The zero-order valence-electron chi connectivity index (χ0n) is 20.4. The van der Waals surface area contributed by atoms with Gasteiger partial charge in [0.15, 0.2) is 0 Å². The predicted octanol–water partition coefficient (Wildman–Crippen LogP) is 6.01. The lowest BCUT2D eigenvalue weighted by atomic mass is 10.1. The average Bonchev–Trinajstić information content (AvgIpc) is 2.93. The quantitative estimate of drug-likeness (QED) is 0.292. The molecule has 1 aromatic heterocycles. The Balaban J connectivity index is 1.64. The second-order valence-electron chi connectivity index (χ2n) is 8.90. The monoisotopic (exact) mass is 511 g/mol. The van der Waals surface area contributed by atoms with Gasteiger partial charge in [0.2, 0.25) is 5.88 Å². The third-order valence-corrected chi connectivity index (χ3v) is 6.86. The van der Waals surface area contributed by atoms with Gasteiger partial charge in [0.05, 0.1) is 57.3 Å². The van der Waals surface area contributed by atoms with E-state index in [1.165, 1.54) is 0 Å². The van der Waals surface area contributed by atoms with E-state index in [9.17, 15) is 0 Å². The van der Waals surface area contributed by atoms with Gasteiger partial charge in [-0.3, -0.25) is 4.99 Å². The fraction of sp³-hybridized carbons (Fsp3) is 0.207. The summed E-state index contributed by atoms with van der Waals surface area (Å²) in [5.41, 5.74) is 6.05. The summed E-state index contributed by atoms with van der Waals surface area (Å²) in [5.74, 6) is 0.511. The summed E-state index contributed by atoms with van der Waals surface area (Å²) in [7, 11) is 1.61. The topological polar surface area (TPSA) is 73.6 Å². The van der Waals surface area contributed by atoms with E-state index >= 15 is 0 Å². The van der Waals surface area contributed by atoms with E-state index in [0.717, 1.165) is 57.7 Å². The van der Waals surface area contributed by atoms with Crippen molar-refractivity contribution >= 4 is 34.0 Å². The van der Waals surface area contributed by atoms with Crippen LogP contribution >= 0.6 is 11.6 Å². The van der Waals surface area contributed by atoms with Crippen LogP contribution in [0.4, 0.5) is 11.4 Å². The Kier molecular flexibility index (Phi) is 6.47. The number of aromatic nitrogens is 3. The first-order valence-electron chi connectivity index (χ1n) is 12.3. The van der Waals surface area contributed by atoms with Gasteiger partial charge >= 0.3 is 0 Å². The van der Waals surface area contributed by atoms with Gasteiger partial charge in [0.25, 0.3) is 0 Å². The lowest BCUT2D eigenvalue weighted by molar-refractivity contribution is 0.0864. The first-order chi connectivity index (χ1) is 18.2. The minimum absolute atomic E-state index is 0.171. The van der Waals surface area contributed by atoms with E-state index in [4.69, 9.17) is 31.1 Å². The summed E-state index contributed by atoms with van der Waals surface area (Å²) in [5, 5.41) is 5.00. The summed E-state index contributed by atoms with van der Waals surface area (Å²) in [4.78, 5) is 14.5. The van der Waals surface area contributed by atoms with Gasteiger partial charge in [-0.1, -0.05) is 35.9 Å². The Bertz CT molecular complexity index is 1610. The molecule has 2 aromatic carbocycles. The molecule has 0 radical (unpaired) electrons. The van der Waals surface area contributed by atoms with Crippen molar-refractivity contribution in [1.82, 2.24) is 14.5 Å². The molecule has 1 N–H and O–H groups in total. The van der Waals surface area contributed by atoms with Gasteiger partial charge < -0.3 is 19.4 Å². The minimum atomic E-state index is 0.171. The van der Waals surface area contributed by atoms with Gasteiger partial charge in [-0.15, -0.1) is 0 Å². The molecule has 0 unspecified atom stereocenters. The first-order valence-corrected chi connectivity index (χ1v) is 12.7. The van der Waals surface area contributed by atoms with Crippen LogP contribution in [0.15, 0.2) is 84.0 Å². The molecule has 0 spiro atoms. The van der Waals surface area contributed by atoms with Crippen LogP contribution in [0.2, 0.25) is 5.02 Å². The Morgan fingerprint density at radius 3 is 2.65 bits per heavy atom. The van der Waals surface area contributed by atoms with Gasteiger partial charge in [-0.05, 0) is 61.4 Å². The highest BCUT2D eigenvalue weighted by molar-refractivity contribution is 6.32. The molecular formula is C29H26ClN5O2. The number of nitrogens with one attached hydrogen (secondary N) is 1. The summed E-state index contributed by atoms with van der Waals surface area (Å²) >= 11 is 6.72. The van der Waals surface area contributed by atoms with Crippen molar-refractivity contribution in [2.45, 2.75) is 18.9 Å². The second kappa shape index (κ2) is 10.2. The fourth-order valence-electron chi connectivity index (χ4n) is 4.75. The molecule has 186 valence electrons. The molecule has 6 rings (SSSR count). The average molecular weight is 512 g/mol. The SMILES string of the molecule is COc1ncccc1Nc1cc2nc3ccccc3n(-c3ccccc3Cl)c-2c/c1=N\C1CCOCC1. The number of anilines is 2. The Morgan fingerprint density at radius 2 is 1.81 bits per heavy atom. The Hall–Kier alpha value is -3.94. The summed E-state index contributed by atoms with van der Waals surface area (Å²) in [6.45, 7) is 1.43. The minimum Gasteiger partial charge on any atom is -0.480 e. The second-order valence-corrected chi connectivity index (χ2v) is 9.31. The molecule has 0 atom stereocenters. The highest BCUT2D eigenvalue weighted by Crippen LogP contribution is 2.33. The Labute approximate surface area is 219 Å². The maximum atomic E-state index is 6.72. The maximum absolute atomic E-state index is 6.72. The number of rotatable bonds is 5. The van der Waals surface area contributed by atoms with Crippen LogP contribution in [0.25, 0.3) is 28.1 Å². The number of ether oxygens (including phenoxy) is 2. The number of pyridine rings is 1. The van der Waals surface area contributed by atoms with Crippen LogP contribution in [0.5, 0.6) is 5.88 Å². The largest absolute Gasteiger partial charge is 0.480 e. The summed E-state index contributed by atoms with van der Waals surface area (Å²) < 4.78 is 13.2. The molecule has 1 fully saturated rings. The number of halogens is 1. The van der Waals surface area contributed by atoms with Crippen molar-refractivity contribution in [1.29, 1.82) is 0 Å². The predicted molar refractivity (Wildman–Crippen MR) is 146 cm³/mol. The van der Waals surface area contributed by atoms with Crippen molar-refractivity contribution in [3.05, 3.63) is 89.4 Å². The number of hydrogen-bond donors (Lipinski definition) is 1. The fourth-order valence-corrected chi connectivity index (χ4v) is 4.97. The number of nitrogens with zero attached hydrogens (tertiary/aromatic N) is 4. The molecule has 0 amide bonds. The highest BCUT2D eigenvalue weighted by atomic mass is 35.5. The van der Waals surface area contributed by atoms with Crippen molar-refractivity contribution in [2.75, 3.05) is 25.6 Å². The molecular weight excluding hydrogens is 486 g/mol. The number of methoxy groups -OCH3 is 1. The van der Waals surface area contributed by atoms with Crippen molar-refractivity contribution in [3.63, 3.8) is 0 Å². The van der Waals surface area contributed by atoms with Crippen LogP contribution in [0.3, 0.4) is 0 Å². The third kappa shape index (κ3) is 4.63. The molecule has 0 bridgehead atoms. The van der Waals surface area contributed by atoms with Crippen molar-refractivity contribution < 1.29 is 9.47 Å². The normalized spacial score (nSPS) is 14.8. The summed E-state index contributed by atoms with van der Waals surface area (Å²) in [6.07, 6.45) is 3.47. The van der Waals surface area contributed by atoms with E-state index in [0.29, 0.717) is 24.1 Å². The number of fused-ring (bicyclic) bond motifs is 2. The molecule has 7 nitrogen and oxygen atoms in total. The van der Waals surface area contributed by atoms with Gasteiger partial charge in [0.1, 0.15) is 5.69 Å². The van der Waals surface area contributed by atoms with Crippen LogP contribution in [-0.2, 0) is 4.74 Å². The molecule has 37 heavy (non-hydrogen) atoms. The van der Waals surface area contributed by atoms with Crippen molar-refractivity contribution in [2.24, 2.45) is 4.99 Å². The molecule has 0 saturated carbocycles. The first kappa shape index (κ1) is 23.5. The van der Waals surface area contributed by atoms with Crippen molar-refractivity contribution in [3.8, 4) is 23.0 Å². The van der Waals surface area contributed by atoms with Crippen LogP contribution in [-0.4, -0.2) is 40.9 Å². The molecule has 8 heteroatoms. The molecule has 3 aromatic rings. The maximum Gasteiger partial charge on any atom is 0.237 e. The van der Waals surface area contributed by atoms with E-state index in [1.807, 2.05) is 60.7 Å². The standard InChI is InChI=1S/C29H26ClN5O2/c1-36-29-22(9-6-14-31-29)34-23-17-25-28(18-24(23)32-19-12-15-37-16-13-19)35(26-10-4-2-7-20(26)30)27-11-5-3-8-21(27)33-25/h2-11,14,17-19,34H,12-13,15-16H2,1H3/b32-24+. The zero-order valence-corrected chi connectivity index (χ0v) is 21.2. The van der Waals surface area contributed by atoms with Crippen LogP contribution < -0.4 is 15.4 Å². The number of hydrogen-bond acceptors (Lipinski definition) is 6. The van der Waals surface area contributed by atoms with Gasteiger partial charge in [-0.25, -0.2) is 9.97 Å². The molecule has 2 aliphatic heterocycles. The van der Waals surface area contributed by atoms with E-state index < -0.39 is 0 Å². The highest BCUT2D eigenvalue weighted by Gasteiger charge is 2.19. The van der Waals surface area contributed by atoms with Crippen LogP contribution in [0, 0.1) is 0 Å². The Morgan fingerprint density at radius 1 is 1.00 bits per heavy atom. The molecule has 1 aliphatic carbocycles. The van der Waals surface area contributed by atoms with E-state index in [1.54, 1.807) is 13.3 Å². The third-order valence-electron chi connectivity index (χ3n) is 6.54. The molecule has 3 aliphatic rings. The van der Waals surface area contributed by atoms with Gasteiger partial charge in [0, 0.05) is 19.4 Å². The lowest BCUT2D eigenvalue weighted by Crippen LogP contribution is -2.23.